The van der Waals surface area contributed by atoms with Crippen LogP contribution in [0.1, 0.15) is 28.4 Å². The molecule has 2 aromatic rings. The number of ether oxygens (including phenoxy) is 1. The number of rotatable bonds is 6. The highest BCUT2D eigenvalue weighted by atomic mass is 19.3. The van der Waals surface area contributed by atoms with E-state index in [0.717, 1.165) is 22.0 Å². The molecule has 7 nitrogen and oxygen atoms in total. The lowest BCUT2D eigenvalue weighted by Crippen LogP contribution is -2.27. The molecule has 2 amide bonds. The molecule has 2 heterocycles. The number of para-hydroxylation sites is 1. The molecule has 0 saturated heterocycles. The Hall–Kier alpha value is -2.97. The molecule has 1 aliphatic heterocycles. The fraction of sp³-hybridized carbons (Fsp3) is 0.312. The van der Waals surface area contributed by atoms with Gasteiger partial charge in [-0.25, -0.2) is 4.68 Å². The first-order valence-electron chi connectivity index (χ1n) is 7.62. The number of hydrogen-bond donors (Lipinski definition) is 2. The molecule has 1 aromatic carbocycles. The van der Waals surface area contributed by atoms with Crippen LogP contribution in [0.25, 0.3) is 0 Å². The number of aromatic nitrogens is 2. The summed E-state index contributed by atoms with van der Waals surface area (Å²) in [7, 11) is 1.40. The maximum absolute atomic E-state index is 12.2. The van der Waals surface area contributed by atoms with Crippen molar-refractivity contribution in [3.8, 4) is 5.88 Å². The number of alkyl halides is 2. The normalized spacial score (nSPS) is 15.8. The summed E-state index contributed by atoms with van der Waals surface area (Å²) in [6.07, 6.45) is 0.418. The third-order valence-electron chi connectivity index (χ3n) is 3.91. The van der Waals surface area contributed by atoms with Crippen LogP contribution in [0, 0.1) is 0 Å². The quantitative estimate of drug-likeness (QED) is 0.833. The minimum absolute atomic E-state index is 0.0329. The smallest absolute Gasteiger partial charge is 0.388 e. The number of anilines is 1. The Morgan fingerprint density at radius 1 is 1.44 bits per heavy atom. The van der Waals surface area contributed by atoms with Gasteiger partial charge in [0.2, 0.25) is 11.8 Å². The Morgan fingerprint density at radius 3 is 2.96 bits per heavy atom. The maximum atomic E-state index is 12.2. The third kappa shape index (κ3) is 3.59. The molecule has 0 bridgehead atoms. The number of fused-ring (bicyclic) bond motifs is 1. The number of aryl methyl sites for hydroxylation is 1. The van der Waals surface area contributed by atoms with Crippen molar-refractivity contribution in [3.63, 3.8) is 0 Å². The van der Waals surface area contributed by atoms with E-state index in [4.69, 9.17) is 0 Å². The number of hydrogen-bond acceptors (Lipinski definition) is 4. The van der Waals surface area contributed by atoms with Gasteiger partial charge in [-0.1, -0.05) is 18.2 Å². The zero-order chi connectivity index (χ0) is 18.0. The van der Waals surface area contributed by atoms with E-state index in [1.54, 1.807) is 0 Å². The van der Waals surface area contributed by atoms with Gasteiger partial charge in [-0.05, 0) is 18.1 Å². The summed E-state index contributed by atoms with van der Waals surface area (Å²) in [5.41, 5.74) is 1.64. The van der Waals surface area contributed by atoms with Crippen molar-refractivity contribution < 1.29 is 23.1 Å². The number of halogens is 2. The van der Waals surface area contributed by atoms with Crippen LogP contribution in [0.5, 0.6) is 5.88 Å². The molecule has 25 heavy (non-hydrogen) atoms. The second-order valence-electron chi connectivity index (χ2n) is 5.54. The summed E-state index contributed by atoms with van der Waals surface area (Å²) >= 11 is 0. The summed E-state index contributed by atoms with van der Waals surface area (Å²) in [6, 6.07) is 8.52. The van der Waals surface area contributed by atoms with Crippen LogP contribution in [0.4, 0.5) is 14.5 Å². The Labute approximate surface area is 142 Å². The predicted octanol–water partition coefficient (Wildman–Crippen LogP) is 1.88. The second-order valence-corrected chi connectivity index (χ2v) is 5.54. The van der Waals surface area contributed by atoms with Gasteiger partial charge in [0.1, 0.15) is 0 Å². The van der Waals surface area contributed by atoms with Gasteiger partial charge in [-0.2, -0.15) is 13.9 Å². The van der Waals surface area contributed by atoms with E-state index >= 15 is 0 Å². The Bertz CT molecular complexity index is 806. The van der Waals surface area contributed by atoms with E-state index in [1.165, 1.54) is 7.05 Å². The van der Waals surface area contributed by atoms with Crippen molar-refractivity contribution in [1.82, 2.24) is 15.1 Å². The molecule has 1 atom stereocenters. The first-order chi connectivity index (χ1) is 12.0. The van der Waals surface area contributed by atoms with Crippen LogP contribution in [-0.2, 0) is 11.8 Å². The molecular weight excluding hydrogens is 334 g/mol. The first-order valence-corrected chi connectivity index (χ1v) is 7.62. The van der Waals surface area contributed by atoms with E-state index in [2.05, 4.69) is 20.5 Å². The van der Waals surface area contributed by atoms with Crippen LogP contribution >= 0.6 is 0 Å². The number of carbonyl (C=O) groups is 2. The SMILES string of the molecule is Cn1nc(C(=O)NCCC2C(=O)Nc3ccccc32)cc1OC(F)F. The van der Waals surface area contributed by atoms with Gasteiger partial charge in [-0.3, -0.25) is 9.59 Å². The second kappa shape index (κ2) is 6.88. The van der Waals surface area contributed by atoms with E-state index in [-0.39, 0.29) is 29.9 Å². The minimum Gasteiger partial charge on any atom is -0.417 e. The lowest BCUT2D eigenvalue weighted by molar-refractivity contribution is -0.117. The number of amides is 2. The van der Waals surface area contributed by atoms with Gasteiger partial charge >= 0.3 is 6.61 Å². The average Bonchev–Trinajstić information content (AvgIpc) is 3.07. The standard InChI is InChI=1S/C16H16F2N4O3/c1-22-13(25-16(17)18)8-12(21-22)15(24)19-7-6-10-9-4-2-3-5-11(9)20-14(10)23/h2-5,8,10,16H,6-7H2,1H3,(H,19,24)(H,20,23). The van der Waals surface area contributed by atoms with Gasteiger partial charge in [-0.15, -0.1) is 0 Å². The van der Waals surface area contributed by atoms with Crippen LogP contribution in [-0.4, -0.2) is 34.8 Å². The van der Waals surface area contributed by atoms with Crippen molar-refractivity contribution in [2.24, 2.45) is 7.05 Å². The van der Waals surface area contributed by atoms with Gasteiger partial charge in [0.25, 0.3) is 5.91 Å². The van der Waals surface area contributed by atoms with E-state index < -0.39 is 12.5 Å². The highest BCUT2D eigenvalue weighted by Crippen LogP contribution is 2.33. The van der Waals surface area contributed by atoms with Crippen molar-refractivity contribution in [2.75, 3.05) is 11.9 Å². The Kier molecular flexibility index (Phi) is 4.64. The monoisotopic (exact) mass is 350 g/mol. The summed E-state index contributed by atoms with van der Waals surface area (Å²) in [5, 5.41) is 9.26. The van der Waals surface area contributed by atoms with E-state index in [1.807, 2.05) is 24.3 Å². The van der Waals surface area contributed by atoms with Crippen molar-refractivity contribution >= 4 is 17.5 Å². The van der Waals surface area contributed by atoms with Gasteiger partial charge in [0.15, 0.2) is 5.69 Å². The molecule has 132 valence electrons. The molecule has 0 fully saturated rings. The van der Waals surface area contributed by atoms with E-state index in [9.17, 15) is 18.4 Å². The maximum Gasteiger partial charge on any atom is 0.388 e. The molecule has 3 rings (SSSR count). The number of carbonyl (C=O) groups excluding carboxylic acids is 2. The summed E-state index contributed by atoms with van der Waals surface area (Å²) in [5.74, 6) is -1.17. The topological polar surface area (TPSA) is 85.2 Å². The summed E-state index contributed by atoms with van der Waals surface area (Å²) in [4.78, 5) is 24.1. The third-order valence-corrected chi connectivity index (χ3v) is 3.91. The fourth-order valence-electron chi connectivity index (χ4n) is 2.75. The van der Waals surface area contributed by atoms with Crippen molar-refractivity contribution in [2.45, 2.75) is 19.0 Å². The molecule has 1 unspecified atom stereocenters. The molecule has 0 saturated carbocycles. The number of nitrogens with zero attached hydrogens (tertiary/aromatic N) is 2. The van der Waals surface area contributed by atoms with E-state index in [0.29, 0.717) is 6.42 Å². The van der Waals surface area contributed by atoms with Gasteiger partial charge in [0, 0.05) is 25.3 Å². The largest absolute Gasteiger partial charge is 0.417 e. The van der Waals surface area contributed by atoms with Crippen LogP contribution in [0.2, 0.25) is 0 Å². The van der Waals surface area contributed by atoms with Crippen molar-refractivity contribution in [3.05, 3.63) is 41.6 Å². The molecular formula is C16H16F2N4O3. The lowest BCUT2D eigenvalue weighted by Gasteiger charge is -2.09. The highest BCUT2D eigenvalue weighted by Gasteiger charge is 2.29. The minimum atomic E-state index is -2.99. The van der Waals surface area contributed by atoms with Crippen LogP contribution in [0.15, 0.2) is 30.3 Å². The Balaban J connectivity index is 1.57. The first kappa shape index (κ1) is 16.9. The molecule has 0 spiro atoms. The molecule has 1 aromatic heterocycles. The zero-order valence-corrected chi connectivity index (χ0v) is 13.3. The van der Waals surface area contributed by atoms with Crippen LogP contribution < -0.4 is 15.4 Å². The zero-order valence-electron chi connectivity index (χ0n) is 13.3. The summed E-state index contributed by atoms with van der Waals surface area (Å²) < 4.78 is 29.8. The molecule has 1 aliphatic rings. The summed E-state index contributed by atoms with van der Waals surface area (Å²) in [6.45, 7) is -2.75. The molecule has 2 N–H and O–H groups in total. The fourth-order valence-corrected chi connectivity index (χ4v) is 2.75. The molecule has 0 aliphatic carbocycles. The number of benzene rings is 1. The average molecular weight is 350 g/mol. The molecule has 9 heteroatoms. The van der Waals surface area contributed by atoms with Crippen molar-refractivity contribution in [1.29, 1.82) is 0 Å². The van der Waals surface area contributed by atoms with Crippen LogP contribution in [0.3, 0.4) is 0 Å². The molecule has 0 radical (unpaired) electrons. The van der Waals surface area contributed by atoms with Gasteiger partial charge < -0.3 is 15.4 Å². The highest BCUT2D eigenvalue weighted by molar-refractivity contribution is 6.02. The lowest BCUT2D eigenvalue weighted by atomic mass is 9.97. The Morgan fingerprint density at radius 2 is 2.20 bits per heavy atom. The number of nitrogens with one attached hydrogen (secondary N) is 2. The van der Waals surface area contributed by atoms with Gasteiger partial charge in [0.05, 0.1) is 5.92 Å². The predicted molar refractivity (Wildman–Crippen MR) is 84.6 cm³/mol.